The van der Waals surface area contributed by atoms with Crippen molar-refractivity contribution >= 4 is 0 Å². The molecule has 92 valence electrons. The molecule has 5 heteroatoms. The first kappa shape index (κ1) is 11.9. The fraction of sp³-hybridized carbons (Fsp3) is 0.500. The third-order valence-electron chi connectivity index (χ3n) is 2.75. The fourth-order valence-corrected chi connectivity index (χ4v) is 1.86. The summed E-state index contributed by atoms with van der Waals surface area (Å²) in [7, 11) is 3.94. The molecule has 2 aromatic rings. The Morgan fingerprint density at radius 2 is 2.18 bits per heavy atom. The lowest BCUT2D eigenvalue weighted by atomic mass is 10.2. The highest BCUT2D eigenvalue weighted by Crippen LogP contribution is 2.18. The maximum atomic E-state index is 4.46. The van der Waals surface area contributed by atoms with Gasteiger partial charge in [-0.05, 0) is 19.0 Å². The van der Waals surface area contributed by atoms with Gasteiger partial charge in [-0.15, -0.1) is 0 Å². The van der Waals surface area contributed by atoms with Crippen LogP contribution in [0.1, 0.15) is 30.9 Å². The van der Waals surface area contributed by atoms with Gasteiger partial charge in [-0.3, -0.25) is 4.68 Å². The van der Waals surface area contributed by atoms with E-state index in [0.717, 1.165) is 24.5 Å². The lowest BCUT2D eigenvalue weighted by Crippen LogP contribution is -2.26. The Bertz CT molecular complexity index is 471. The second-order valence-corrected chi connectivity index (χ2v) is 4.20. The van der Waals surface area contributed by atoms with Gasteiger partial charge < -0.3 is 9.88 Å². The van der Waals surface area contributed by atoms with Crippen LogP contribution < -0.4 is 5.32 Å². The van der Waals surface area contributed by atoms with Gasteiger partial charge in [0.1, 0.15) is 11.9 Å². The lowest BCUT2D eigenvalue weighted by Gasteiger charge is -2.16. The first-order chi connectivity index (χ1) is 8.22. The second-order valence-electron chi connectivity index (χ2n) is 4.20. The molecule has 0 saturated heterocycles. The summed E-state index contributed by atoms with van der Waals surface area (Å²) in [6, 6.07) is 2.10. The normalized spacial score (nSPS) is 12.9. The molecule has 0 fully saturated rings. The van der Waals surface area contributed by atoms with E-state index in [2.05, 4.69) is 22.3 Å². The van der Waals surface area contributed by atoms with Crippen LogP contribution in [0.3, 0.4) is 0 Å². The van der Waals surface area contributed by atoms with Crippen LogP contribution in [-0.4, -0.2) is 25.9 Å². The van der Waals surface area contributed by atoms with Crippen molar-refractivity contribution in [3.63, 3.8) is 0 Å². The van der Waals surface area contributed by atoms with Crippen LogP contribution >= 0.6 is 0 Å². The van der Waals surface area contributed by atoms with Gasteiger partial charge in [-0.25, -0.2) is 4.98 Å². The van der Waals surface area contributed by atoms with Crippen LogP contribution in [0.15, 0.2) is 24.7 Å². The van der Waals surface area contributed by atoms with Crippen molar-refractivity contribution in [3.05, 3.63) is 36.2 Å². The second kappa shape index (κ2) is 5.14. The molecular formula is C12H19N5. The number of nitrogens with one attached hydrogen (secondary N) is 1. The number of hydrogen-bond donors (Lipinski definition) is 1. The van der Waals surface area contributed by atoms with Gasteiger partial charge in [0.2, 0.25) is 0 Å². The van der Waals surface area contributed by atoms with Gasteiger partial charge in [0.15, 0.2) is 0 Å². The van der Waals surface area contributed by atoms with Crippen molar-refractivity contribution in [2.75, 3.05) is 6.54 Å². The quantitative estimate of drug-likeness (QED) is 0.845. The highest BCUT2D eigenvalue weighted by Gasteiger charge is 2.19. The van der Waals surface area contributed by atoms with E-state index in [1.54, 1.807) is 0 Å². The number of hydrogen-bond acceptors (Lipinski definition) is 3. The predicted octanol–water partition coefficient (Wildman–Crippen LogP) is 1.24. The van der Waals surface area contributed by atoms with Gasteiger partial charge in [-0.1, -0.05) is 6.92 Å². The number of aromatic nitrogens is 4. The van der Waals surface area contributed by atoms with Crippen molar-refractivity contribution in [1.29, 1.82) is 0 Å². The van der Waals surface area contributed by atoms with E-state index in [1.165, 1.54) is 0 Å². The average Bonchev–Trinajstić information content (AvgIpc) is 2.90. The molecule has 0 aromatic carbocycles. The zero-order chi connectivity index (χ0) is 12.3. The minimum Gasteiger partial charge on any atom is -0.336 e. The molecule has 0 bridgehead atoms. The van der Waals surface area contributed by atoms with Crippen molar-refractivity contribution in [1.82, 2.24) is 24.6 Å². The van der Waals surface area contributed by atoms with Crippen molar-refractivity contribution in [2.24, 2.45) is 14.1 Å². The molecule has 0 aliphatic carbocycles. The number of imidazole rings is 1. The molecule has 5 nitrogen and oxygen atoms in total. The van der Waals surface area contributed by atoms with Crippen LogP contribution in [0.4, 0.5) is 0 Å². The highest BCUT2D eigenvalue weighted by atomic mass is 15.3. The van der Waals surface area contributed by atoms with Gasteiger partial charge in [0.25, 0.3) is 0 Å². The largest absolute Gasteiger partial charge is 0.336 e. The molecule has 0 amide bonds. The first-order valence-corrected chi connectivity index (χ1v) is 5.92. The van der Waals surface area contributed by atoms with E-state index in [-0.39, 0.29) is 6.04 Å². The standard InChI is InChI=1S/C12H19N5/c1-4-6-13-11(10-5-8-17(3)15-10)12-14-7-9-16(12)2/h5,7-9,11,13H,4,6H2,1-3H3. The monoisotopic (exact) mass is 233 g/mol. The number of aryl methyl sites for hydroxylation is 2. The number of nitrogens with zero attached hydrogens (tertiary/aromatic N) is 4. The molecule has 1 N–H and O–H groups in total. The van der Waals surface area contributed by atoms with Gasteiger partial charge in [0.05, 0.1) is 5.69 Å². The van der Waals surface area contributed by atoms with Crippen LogP contribution in [0.5, 0.6) is 0 Å². The zero-order valence-corrected chi connectivity index (χ0v) is 10.6. The van der Waals surface area contributed by atoms with Gasteiger partial charge in [0, 0.05) is 32.7 Å². The molecule has 17 heavy (non-hydrogen) atoms. The highest BCUT2D eigenvalue weighted by molar-refractivity contribution is 5.16. The smallest absolute Gasteiger partial charge is 0.131 e. The minimum atomic E-state index is 0.0659. The molecule has 0 radical (unpaired) electrons. The van der Waals surface area contributed by atoms with Crippen LogP contribution in [0.2, 0.25) is 0 Å². The Kier molecular flexibility index (Phi) is 3.58. The molecule has 1 atom stereocenters. The Morgan fingerprint density at radius 1 is 1.35 bits per heavy atom. The average molecular weight is 233 g/mol. The van der Waals surface area contributed by atoms with E-state index in [1.807, 2.05) is 48.0 Å². The Labute approximate surface area is 101 Å². The Balaban J connectivity index is 2.28. The third kappa shape index (κ3) is 2.55. The van der Waals surface area contributed by atoms with Crippen molar-refractivity contribution in [2.45, 2.75) is 19.4 Å². The summed E-state index contributed by atoms with van der Waals surface area (Å²) >= 11 is 0. The van der Waals surface area contributed by atoms with Gasteiger partial charge in [-0.2, -0.15) is 5.10 Å². The molecule has 0 saturated carbocycles. The molecule has 2 aromatic heterocycles. The summed E-state index contributed by atoms with van der Waals surface area (Å²) in [4.78, 5) is 4.41. The molecule has 0 spiro atoms. The lowest BCUT2D eigenvalue weighted by molar-refractivity contribution is 0.537. The fourth-order valence-electron chi connectivity index (χ4n) is 1.86. The topological polar surface area (TPSA) is 47.7 Å². The first-order valence-electron chi connectivity index (χ1n) is 5.92. The third-order valence-corrected chi connectivity index (χ3v) is 2.75. The van der Waals surface area contributed by atoms with Crippen LogP contribution in [0, 0.1) is 0 Å². The Morgan fingerprint density at radius 3 is 2.71 bits per heavy atom. The Hall–Kier alpha value is -1.62. The summed E-state index contributed by atoms with van der Waals surface area (Å²) in [5, 5.41) is 7.94. The predicted molar refractivity (Wildman–Crippen MR) is 66.6 cm³/mol. The maximum Gasteiger partial charge on any atom is 0.131 e. The maximum absolute atomic E-state index is 4.46. The van der Waals surface area contributed by atoms with E-state index in [9.17, 15) is 0 Å². The molecule has 0 aliphatic rings. The van der Waals surface area contributed by atoms with Crippen molar-refractivity contribution in [3.8, 4) is 0 Å². The van der Waals surface area contributed by atoms with Crippen molar-refractivity contribution < 1.29 is 0 Å². The summed E-state index contributed by atoms with van der Waals surface area (Å²) in [6.45, 7) is 3.11. The summed E-state index contributed by atoms with van der Waals surface area (Å²) in [5.41, 5.74) is 1.01. The molecular weight excluding hydrogens is 214 g/mol. The van der Waals surface area contributed by atoms with Crippen LogP contribution in [0.25, 0.3) is 0 Å². The van der Waals surface area contributed by atoms with Gasteiger partial charge >= 0.3 is 0 Å². The molecule has 2 heterocycles. The van der Waals surface area contributed by atoms with E-state index >= 15 is 0 Å². The molecule has 1 unspecified atom stereocenters. The number of rotatable bonds is 5. The summed E-state index contributed by atoms with van der Waals surface area (Å²) in [6.07, 6.45) is 6.82. The van der Waals surface area contributed by atoms with Crippen LogP contribution in [-0.2, 0) is 14.1 Å². The molecule has 2 rings (SSSR count). The van der Waals surface area contributed by atoms with E-state index in [0.29, 0.717) is 0 Å². The SMILES string of the molecule is CCCNC(c1ccn(C)n1)c1nccn1C. The summed E-state index contributed by atoms with van der Waals surface area (Å²) in [5.74, 6) is 0.997. The minimum absolute atomic E-state index is 0.0659. The van der Waals surface area contributed by atoms with E-state index < -0.39 is 0 Å². The van der Waals surface area contributed by atoms with E-state index in [4.69, 9.17) is 0 Å². The summed E-state index contributed by atoms with van der Waals surface area (Å²) < 4.78 is 3.85. The zero-order valence-electron chi connectivity index (χ0n) is 10.6. The molecule has 0 aliphatic heterocycles.